The fourth-order valence-electron chi connectivity index (χ4n) is 1.74. The van der Waals surface area contributed by atoms with Gasteiger partial charge in [0.2, 0.25) is 0 Å². The minimum atomic E-state index is -4.70. The summed E-state index contributed by atoms with van der Waals surface area (Å²) in [5.41, 5.74) is -2.12. The second-order valence-electron chi connectivity index (χ2n) is 3.92. The highest BCUT2D eigenvalue weighted by atomic mass is 19.4. The summed E-state index contributed by atoms with van der Waals surface area (Å²) in [7, 11) is 1.10. The number of pyridine rings is 1. The lowest BCUT2D eigenvalue weighted by Crippen LogP contribution is -2.18. The number of alkyl halides is 3. The van der Waals surface area contributed by atoms with Crippen LogP contribution in [0.4, 0.5) is 17.6 Å². The third kappa shape index (κ3) is 2.52. The van der Waals surface area contributed by atoms with E-state index in [0.29, 0.717) is 12.1 Å². The molecule has 2 rings (SSSR count). The molecule has 20 heavy (non-hydrogen) atoms. The van der Waals surface area contributed by atoms with Gasteiger partial charge in [0, 0.05) is 12.3 Å². The van der Waals surface area contributed by atoms with Crippen molar-refractivity contribution >= 4 is 0 Å². The Morgan fingerprint density at radius 3 is 2.45 bits per heavy atom. The molecule has 7 heteroatoms. The van der Waals surface area contributed by atoms with Crippen LogP contribution in [0, 0.1) is 5.82 Å². The number of halogens is 4. The van der Waals surface area contributed by atoms with Gasteiger partial charge in [-0.3, -0.25) is 9.36 Å². The Balaban J connectivity index is 2.73. The Bertz CT molecular complexity index is 692. The number of hydrogen-bond donors (Lipinski definition) is 0. The quantitative estimate of drug-likeness (QED) is 0.795. The molecule has 0 spiro atoms. The molecule has 0 aliphatic carbocycles. The zero-order chi connectivity index (χ0) is 14.9. The van der Waals surface area contributed by atoms with Crippen molar-refractivity contribution in [3.63, 3.8) is 0 Å². The molecule has 2 aromatic rings. The van der Waals surface area contributed by atoms with Crippen molar-refractivity contribution in [2.75, 3.05) is 7.11 Å². The van der Waals surface area contributed by atoms with Gasteiger partial charge in [-0.2, -0.15) is 13.2 Å². The van der Waals surface area contributed by atoms with E-state index in [1.807, 2.05) is 0 Å². The maximum absolute atomic E-state index is 14.0. The Hall–Kier alpha value is -2.31. The summed E-state index contributed by atoms with van der Waals surface area (Å²) >= 11 is 0. The minimum Gasteiger partial charge on any atom is -0.494 e. The summed E-state index contributed by atoms with van der Waals surface area (Å²) in [5.74, 6) is -1.56. The van der Waals surface area contributed by atoms with Crippen LogP contribution in [0.15, 0.2) is 41.3 Å². The monoisotopic (exact) mass is 287 g/mol. The normalized spacial score (nSPS) is 11.4. The smallest absolute Gasteiger partial charge is 0.416 e. The second-order valence-corrected chi connectivity index (χ2v) is 3.92. The molecular formula is C13H9F4NO2. The molecule has 0 saturated carbocycles. The van der Waals surface area contributed by atoms with E-state index in [1.165, 1.54) is 18.3 Å². The molecule has 0 fully saturated rings. The van der Waals surface area contributed by atoms with E-state index in [0.717, 1.165) is 17.7 Å². The fraction of sp³-hybridized carbons (Fsp3) is 0.154. The van der Waals surface area contributed by atoms with Crippen LogP contribution < -0.4 is 10.3 Å². The number of ether oxygens (including phenoxy) is 1. The predicted molar refractivity (Wildman–Crippen MR) is 63.6 cm³/mol. The van der Waals surface area contributed by atoms with Gasteiger partial charge in [-0.25, -0.2) is 4.39 Å². The number of rotatable bonds is 2. The van der Waals surface area contributed by atoms with Gasteiger partial charge in [0.1, 0.15) is 11.4 Å². The van der Waals surface area contributed by atoms with Gasteiger partial charge in [-0.1, -0.05) is 6.07 Å². The summed E-state index contributed by atoms with van der Waals surface area (Å²) in [4.78, 5) is 11.6. The van der Waals surface area contributed by atoms with Crippen molar-refractivity contribution in [1.29, 1.82) is 0 Å². The maximum Gasteiger partial charge on any atom is 0.416 e. The van der Waals surface area contributed by atoms with Crippen molar-refractivity contribution in [3.8, 4) is 11.4 Å². The van der Waals surface area contributed by atoms with Gasteiger partial charge in [0.25, 0.3) is 5.56 Å². The maximum atomic E-state index is 14.0. The van der Waals surface area contributed by atoms with Crippen molar-refractivity contribution in [2.45, 2.75) is 6.18 Å². The highest BCUT2D eigenvalue weighted by molar-refractivity contribution is 5.51. The number of benzene rings is 1. The SMILES string of the molecule is COc1cc(C(F)(F)F)cc(F)c1-n1ccccc1=O. The lowest BCUT2D eigenvalue weighted by Gasteiger charge is -2.15. The largest absolute Gasteiger partial charge is 0.494 e. The molecule has 0 N–H and O–H groups in total. The van der Waals surface area contributed by atoms with Gasteiger partial charge in [-0.05, 0) is 18.2 Å². The third-order valence-corrected chi connectivity index (χ3v) is 2.64. The number of aromatic nitrogens is 1. The highest BCUT2D eigenvalue weighted by Gasteiger charge is 2.33. The molecular weight excluding hydrogens is 278 g/mol. The Morgan fingerprint density at radius 2 is 1.90 bits per heavy atom. The summed E-state index contributed by atoms with van der Waals surface area (Å²) in [5, 5.41) is 0. The van der Waals surface area contributed by atoms with Crippen LogP contribution >= 0.6 is 0 Å². The lowest BCUT2D eigenvalue weighted by molar-refractivity contribution is -0.137. The average molecular weight is 287 g/mol. The van der Waals surface area contributed by atoms with Crippen molar-refractivity contribution < 1.29 is 22.3 Å². The third-order valence-electron chi connectivity index (χ3n) is 2.64. The summed E-state index contributed by atoms with van der Waals surface area (Å²) in [6.07, 6.45) is -3.45. The van der Waals surface area contributed by atoms with Gasteiger partial charge in [0.15, 0.2) is 5.82 Å². The second kappa shape index (κ2) is 4.99. The molecule has 0 aliphatic heterocycles. The topological polar surface area (TPSA) is 31.2 Å². The Morgan fingerprint density at radius 1 is 1.20 bits per heavy atom. The standard InChI is InChI=1S/C13H9F4NO2/c1-20-10-7-8(13(15,16)17)6-9(14)12(10)18-5-3-2-4-11(18)19/h2-7H,1H3. The first-order valence-corrected chi connectivity index (χ1v) is 5.47. The van der Waals surface area contributed by atoms with E-state index in [4.69, 9.17) is 4.74 Å². The van der Waals surface area contributed by atoms with Gasteiger partial charge >= 0.3 is 6.18 Å². The van der Waals surface area contributed by atoms with E-state index < -0.39 is 23.1 Å². The molecule has 0 aliphatic rings. The van der Waals surface area contributed by atoms with Crippen molar-refractivity contribution in [1.82, 2.24) is 4.57 Å². The molecule has 106 valence electrons. The predicted octanol–water partition coefficient (Wildman–Crippen LogP) is 3.00. The van der Waals surface area contributed by atoms with E-state index in [-0.39, 0.29) is 11.4 Å². The fourth-order valence-corrected chi connectivity index (χ4v) is 1.74. The van der Waals surface area contributed by atoms with Crippen LogP contribution in [0.25, 0.3) is 5.69 Å². The molecule has 3 nitrogen and oxygen atoms in total. The van der Waals surface area contributed by atoms with E-state index >= 15 is 0 Å². The Kier molecular flexibility index (Phi) is 3.52. The molecule has 0 saturated heterocycles. The van der Waals surface area contributed by atoms with E-state index in [9.17, 15) is 22.4 Å². The van der Waals surface area contributed by atoms with Gasteiger partial charge < -0.3 is 4.74 Å². The van der Waals surface area contributed by atoms with Crippen LogP contribution in [0.2, 0.25) is 0 Å². The Labute approximate surface area is 111 Å². The lowest BCUT2D eigenvalue weighted by atomic mass is 10.1. The summed E-state index contributed by atoms with van der Waals surface area (Å²) < 4.78 is 57.4. The van der Waals surface area contributed by atoms with Crippen molar-refractivity contribution in [2.24, 2.45) is 0 Å². The van der Waals surface area contributed by atoms with Crippen molar-refractivity contribution in [3.05, 3.63) is 58.3 Å². The highest BCUT2D eigenvalue weighted by Crippen LogP contribution is 2.35. The van der Waals surface area contributed by atoms with Gasteiger partial charge in [-0.15, -0.1) is 0 Å². The first-order valence-electron chi connectivity index (χ1n) is 5.47. The van der Waals surface area contributed by atoms with E-state index in [2.05, 4.69) is 0 Å². The molecule has 0 amide bonds. The zero-order valence-corrected chi connectivity index (χ0v) is 10.2. The van der Waals surface area contributed by atoms with Crippen LogP contribution in [0.5, 0.6) is 5.75 Å². The van der Waals surface area contributed by atoms with E-state index in [1.54, 1.807) is 0 Å². The first-order chi connectivity index (χ1) is 9.34. The molecule has 1 aromatic heterocycles. The number of methoxy groups -OCH3 is 1. The first kappa shape index (κ1) is 14.1. The summed E-state index contributed by atoms with van der Waals surface area (Å²) in [6.45, 7) is 0. The average Bonchev–Trinajstić information content (AvgIpc) is 2.38. The van der Waals surface area contributed by atoms with Gasteiger partial charge in [0.05, 0.1) is 12.7 Å². The molecule has 0 atom stereocenters. The molecule has 1 heterocycles. The summed E-state index contributed by atoms with van der Waals surface area (Å²) in [6, 6.07) is 5.04. The van der Waals surface area contributed by atoms with Crippen LogP contribution in [0.1, 0.15) is 5.56 Å². The van der Waals surface area contributed by atoms with Crippen LogP contribution in [0.3, 0.4) is 0 Å². The molecule has 0 radical (unpaired) electrons. The minimum absolute atomic E-state index is 0.331. The number of hydrogen-bond acceptors (Lipinski definition) is 2. The molecule has 0 unspecified atom stereocenters. The molecule has 0 bridgehead atoms. The zero-order valence-electron chi connectivity index (χ0n) is 10.2. The molecule has 1 aromatic carbocycles. The number of nitrogens with zero attached hydrogens (tertiary/aromatic N) is 1. The van der Waals surface area contributed by atoms with Crippen LogP contribution in [-0.4, -0.2) is 11.7 Å². The van der Waals surface area contributed by atoms with Crippen LogP contribution in [-0.2, 0) is 6.18 Å².